The van der Waals surface area contributed by atoms with Gasteiger partial charge in [0.25, 0.3) is 0 Å². The van der Waals surface area contributed by atoms with Crippen LogP contribution in [0.1, 0.15) is 19.4 Å². The molecule has 0 unspecified atom stereocenters. The zero-order valence-electron chi connectivity index (χ0n) is 11.5. The summed E-state index contributed by atoms with van der Waals surface area (Å²) >= 11 is 0. The Morgan fingerprint density at radius 3 is 2.32 bits per heavy atom. The molecule has 4 N–H and O–H groups in total. The molecule has 0 amide bonds. The molecule has 5 heteroatoms. The second kappa shape index (κ2) is 7.45. The highest BCUT2D eigenvalue weighted by molar-refractivity contribution is 5.28. The van der Waals surface area contributed by atoms with Crippen LogP contribution in [-0.2, 0) is 6.54 Å². The van der Waals surface area contributed by atoms with Gasteiger partial charge in [-0.1, -0.05) is 12.1 Å². The van der Waals surface area contributed by atoms with E-state index in [1.165, 1.54) is 0 Å². The van der Waals surface area contributed by atoms with E-state index in [2.05, 4.69) is 5.32 Å². The summed E-state index contributed by atoms with van der Waals surface area (Å²) in [5, 5.41) is 30.6. The van der Waals surface area contributed by atoms with Crippen molar-refractivity contribution in [3.8, 4) is 5.75 Å². The average molecular weight is 269 g/mol. The van der Waals surface area contributed by atoms with E-state index in [1.54, 1.807) is 0 Å². The zero-order chi connectivity index (χ0) is 14.3. The molecule has 0 fully saturated rings. The molecule has 1 aromatic carbocycles. The molecule has 19 heavy (non-hydrogen) atoms. The second-order valence-electron chi connectivity index (χ2n) is 4.92. The molecule has 1 aromatic rings. The molecule has 0 atom stereocenters. The number of rotatable bonds is 8. The fourth-order valence-electron chi connectivity index (χ4n) is 1.61. The lowest BCUT2D eigenvalue weighted by molar-refractivity contribution is 0.0413. The van der Waals surface area contributed by atoms with Crippen LogP contribution in [0.15, 0.2) is 24.3 Å². The first-order valence-corrected chi connectivity index (χ1v) is 6.38. The van der Waals surface area contributed by atoms with E-state index < -0.39 is 5.54 Å². The highest BCUT2D eigenvalue weighted by atomic mass is 16.5. The predicted octanol–water partition coefficient (Wildman–Crippen LogP) is 0.279. The molecule has 1 rings (SSSR count). The van der Waals surface area contributed by atoms with Crippen LogP contribution in [0.5, 0.6) is 5.75 Å². The molecule has 0 aliphatic rings. The Morgan fingerprint density at radius 2 is 1.79 bits per heavy atom. The molecule has 0 bridgehead atoms. The van der Waals surface area contributed by atoms with Crippen LogP contribution in [0.4, 0.5) is 0 Å². The first-order valence-electron chi connectivity index (χ1n) is 6.38. The zero-order valence-corrected chi connectivity index (χ0v) is 11.5. The summed E-state index contributed by atoms with van der Waals surface area (Å²) in [6.07, 6.45) is 0.106. The van der Waals surface area contributed by atoms with Gasteiger partial charge in [-0.15, -0.1) is 0 Å². The monoisotopic (exact) mass is 269 g/mol. The summed E-state index contributed by atoms with van der Waals surface area (Å²) in [5.41, 5.74) is -0.104. The normalized spacial score (nSPS) is 11.9. The van der Waals surface area contributed by atoms with Crippen molar-refractivity contribution in [1.82, 2.24) is 5.32 Å². The summed E-state index contributed by atoms with van der Waals surface area (Å²) in [7, 11) is 0. The number of aliphatic hydroxyl groups is 3. The minimum Gasteiger partial charge on any atom is -0.491 e. The van der Waals surface area contributed by atoms with Gasteiger partial charge in [-0.2, -0.15) is 0 Å². The largest absolute Gasteiger partial charge is 0.491 e. The standard InChI is InChI=1S/C14H23NO4/c1-11(2)19-13-5-3-4-12(6-13)7-15-14(8-16,9-17)10-18/h3-6,11,15-18H,7-10H2,1-2H3. The SMILES string of the molecule is CC(C)Oc1cccc(CNC(CO)(CO)CO)c1. The molecule has 0 aromatic heterocycles. The average Bonchev–Trinajstić information content (AvgIpc) is 2.41. The Hall–Kier alpha value is -1.14. The number of hydrogen-bond donors (Lipinski definition) is 4. The van der Waals surface area contributed by atoms with Crippen molar-refractivity contribution in [2.75, 3.05) is 19.8 Å². The number of aliphatic hydroxyl groups excluding tert-OH is 3. The van der Waals surface area contributed by atoms with Gasteiger partial charge < -0.3 is 25.4 Å². The molecule has 0 aliphatic carbocycles. The molecule has 0 heterocycles. The van der Waals surface area contributed by atoms with Gasteiger partial charge in [-0.25, -0.2) is 0 Å². The smallest absolute Gasteiger partial charge is 0.120 e. The maximum absolute atomic E-state index is 9.22. The van der Waals surface area contributed by atoms with Crippen LogP contribution in [-0.4, -0.2) is 46.8 Å². The van der Waals surface area contributed by atoms with Crippen LogP contribution in [0, 0.1) is 0 Å². The highest BCUT2D eigenvalue weighted by Gasteiger charge is 2.26. The lowest BCUT2D eigenvalue weighted by atomic mass is 10.0. The Kier molecular flexibility index (Phi) is 6.24. The second-order valence-corrected chi connectivity index (χ2v) is 4.92. The van der Waals surface area contributed by atoms with Crippen LogP contribution < -0.4 is 10.1 Å². The van der Waals surface area contributed by atoms with E-state index in [9.17, 15) is 15.3 Å². The third-order valence-electron chi connectivity index (χ3n) is 2.85. The summed E-state index contributed by atoms with van der Waals surface area (Å²) in [4.78, 5) is 0. The summed E-state index contributed by atoms with van der Waals surface area (Å²) in [6.45, 7) is 3.35. The molecular weight excluding hydrogens is 246 g/mol. The van der Waals surface area contributed by atoms with Gasteiger partial charge in [0.05, 0.1) is 31.5 Å². The molecule has 0 saturated heterocycles. The van der Waals surface area contributed by atoms with Crippen molar-refractivity contribution in [2.45, 2.75) is 32.0 Å². The Morgan fingerprint density at radius 1 is 1.16 bits per heavy atom. The Bertz CT molecular complexity index is 369. The Balaban J connectivity index is 2.66. The minimum absolute atomic E-state index is 0.106. The van der Waals surface area contributed by atoms with E-state index in [4.69, 9.17) is 4.74 Å². The van der Waals surface area contributed by atoms with Crippen LogP contribution in [0.3, 0.4) is 0 Å². The molecule has 0 radical (unpaired) electrons. The topological polar surface area (TPSA) is 82.0 Å². The lowest BCUT2D eigenvalue weighted by Gasteiger charge is -2.29. The number of hydrogen-bond acceptors (Lipinski definition) is 5. The summed E-state index contributed by atoms with van der Waals surface area (Å²) in [6, 6.07) is 7.56. The maximum atomic E-state index is 9.22. The number of benzene rings is 1. The Labute approximate surface area is 113 Å². The van der Waals surface area contributed by atoms with Gasteiger partial charge in [-0.3, -0.25) is 0 Å². The van der Waals surface area contributed by atoms with Gasteiger partial charge in [0.15, 0.2) is 0 Å². The minimum atomic E-state index is -1.06. The first-order chi connectivity index (χ1) is 9.05. The van der Waals surface area contributed by atoms with E-state index >= 15 is 0 Å². The van der Waals surface area contributed by atoms with Gasteiger partial charge >= 0.3 is 0 Å². The van der Waals surface area contributed by atoms with Crippen molar-refractivity contribution in [2.24, 2.45) is 0 Å². The highest BCUT2D eigenvalue weighted by Crippen LogP contribution is 2.15. The van der Waals surface area contributed by atoms with Crippen LogP contribution in [0.2, 0.25) is 0 Å². The van der Waals surface area contributed by atoms with Crippen molar-refractivity contribution in [3.05, 3.63) is 29.8 Å². The molecular formula is C14H23NO4. The number of nitrogens with one attached hydrogen (secondary N) is 1. The molecule has 0 saturated carbocycles. The van der Waals surface area contributed by atoms with Gasteiger partial charge in [0.2, 0.25) is 0 Å². The summed E-state index contributed by atoms with van der Waals surface area (Å²) in [5.74, 6) is 0.775. The van der Waals surface area contributed by atoms with E-state index in [0.29, 0.717) is 6.54 Å². The molecule has 0 spiro atoms. The predicted molar refractivity (Wildman–Crippen MR) is 73.0 cm³/mol. The van der Waals surface area contributed by atoms with Crippen molar-refractivity contribution >= 4 is 0 Å². The fourth-order valence-corrected chi connectivity index (χ4v) is 1.61. The van der Waals surface area contributed by atoms with Gasteiger partial charge in [0, 0.05) is 6.54 Å². The van der Waals surface area contributed by atoms with Crippen LogP contribution >= 0.6 is 0 Å². The fraction of sp³-hybridized carbons (Fsp3) is 0.571. The summed E-state index contributed by atoms with van der Waals surface area (Å²) < 4.78 is 5.59. The molecule has 108 valence electrons. The third kappa shape index (κ3) is 4.80. The molecule has 0 aliphatic heterocycles. The van der Waals surface area contributed by atoms with Crippen molar-refractivity contribution in [1.29, 1.82) is 0 Å². The number of ether oxygens (including phenoxy) is 1. The van der Waals surface area contributed by atoms with E-state index in [0.717, 1.165) is 11.3 Å². The van der Waals surface area contributed by atoms with Crippen molar-refractivity contribution < 1.29 is 20.1 Å². The van der Waals surface area contributed by atoms with Crippen molar-refractivity contribution in [3.63, 3.8) is 0 Å². The van der Waals surface area contributed by atoms with E-state index in [-0.39, 0.29) is 25.9 Å². The van der Waals surface area contributed by atoms with E-state index in [1.807, 2.05) is 38.1 Å². The quantitative estimate of drug-likeness (QED) is 0.545. The molecule has 5 nitrogen and oxygen atoms in total. The van der Waals surface area contributed by atoms with Crippen LogP contribution in [0.25, 0.3) is 0 Å². The third-order valence-corrected chi connectivity index (χ3v) is 2.85. The van der Waals surface area contributed by atoms with Gasteiger partial charge in [0.1, 0.15) is 5.75 Å². The first kappa shape index (κ1) is 15.9. The lowest BCUT2D eigenvalue weighted by Crippen LogP contribution is -2.54. The van der Waals surface area contributed by atoms with Gasteiger partial charge in [-0.05, 0) is 31.5 Å². The maximum Gasteiger partial charge on any atom is 0.120 e.